The first-order valence-corrected chi connectivity index (χ1v) is 6.22. The lowest BCUT2D eigenvalue weighted by molar-refractivity contribution is 0.471. The Bertz CT molecular complexity index is 660. The monoisotopic (exact) mass is 273 g/mol. The highest BCUT2D eigenvalue weighted by Gasteiger charge is 2.18. The first-order chi connectivity index (χ1) is 9.28. The largest absolute Gasteiger partial charge is 0.459 e. The summed E-state index contributed by atoms with van der Waals surface area (Å²) in [5.41, 5.74) is 4.30. The van der Waals surface area contributed by atoms with Gasteiger partial charge in [0.25, 0.3) is 0 Å². The minimum absolute atomic E-state index is 0.301. The Kier molecular flexibility index (Phi) is 3.21. The van der Waals surface area contributed by atoms with Gasteiger partial charge in [0.1, 0.15) is 17.4 Å². The van der Waals surface area contributed by atoms with Crippen molar-refractivity contribution in [2.75, 3.05) is 0 Å². The van der Waals surface area contributed by atoms with E-state index >= 15 is 0 Å². The first-order valence-electron chi connectivity index (χ1n) is 5.84. The molecular weight excluding hydrogens is 262 g/mol. The molecule has 96 valence electrons. The van der Waals surface area contributed by atoms with Gasteiger partial charge in [0.15, 0.2) is 0 Å². The number of rotatable bonds is 3. The van der Waals surface area contributed by atoms with Crippen LogP contribution in [0.2, 0.25) is 5.02 Å². The van der Waals surface area contributed by atoms with Crippen LogP contribution in [0.4, 0.5) is 0 Å². The zero-order valence-electron chi connectivity index (χ0n) is 10.0. The van der Waals surface area contributed by atoms with Gasteiger partial charge in [-0.25, -0.2) is 5.43 Å². The Morgan fingerprint density at radius 2 is 2.05 bits per heavy atom. The van der Waals surface area contributed by atoms with E-state index in [1.807, 2.05) is 36.4 Å². The van der Waals surface area contributed by atoms with Gasteiger partial charge in [-0.3, -0.25) is 10.8 Å². The van der Waals surface area contributed by atoms with E-state index in [1.165, 1.54) is 0 Å². The van der Waals surface area contributed by atoms with Crippen molar-refractivity contribution in [1.29, 1.82) is 0 Å². The van der Waals surface area contributed by atoms with Gasteiger partial charge < -0.3 is 4.42 Å². The van der Waals surface area contributed by atoms with Crippen molar-refractivity contribution >= 4 is 22.6 Å². The summed E-state index contributed by atoms with van der Waals surface area (Å²) in [6.45, 7) is 0. The Balaban J connectivity index is 2.04. The molecule has 0 saturated carbocycles. The van der Waals surface area contributed by atoms with Crippen molar-refractivity contribution in [3.63, 3.8) is 0 Å². The molecule has 5 heteroatoms. The third-order valence-corrected chi connectivity index (χ3v) is 3.17. The van der Waals surface area contributed by atoms with Crippen LogP contribution in [0.5, 0.6) is 0 Å². The molecule has 1 aromatic carbocycles. The number of hydrogen-bond acceptors (Lipinski definition) is 4. The van der Waals surface area contributed by atoms with Gasteiger partial charge >= 0.3 is 0 Å². The van der Waals surface area contributed by atoms with Gasteiger partial charge in [-0.2, -0.15) is 0 Å². The standard InChI is InChI=1S/C14H12ClN3O/c15-10-5-6-11(17-8-10)14(18-16)13-7-9-3-1-2-4-12(9)19-13/h1-8,14,18H,16H2. The number of fused-ring (bicyclic) bond motifs is 1. The molecule has 0 aliphatic rings. The fourth-order valence-corrected chi connectivity index (χ4v) is 2.13. The van der Waals surface area contributed by atoms with Gasteiger partial charge in [-0.1, -0.05) is 29.8 Å². The maximum atomic E-state index is 5.83. The van der Waals surface area contributed by atoms with Gasteiger partial charge in [0, 0.05) is 11.6 Å². The van der Waals surface area contributed by atoms with E-state index in [2.05, 4.69) is 10.4 Å². The van der Waals surface area contributed by atoms with Crippen LogP contribution in [0.1, 0.15) is 17.5 Å². The minimum atomic E-state index is -0.301. The molecule has 0 aliphatic carbocycles. The third kappa shape index (κ3) is 2.33. The average Bonchev–Trinajstić information content (AvgIpc) is 2.85. The van der Waals surface area contributed by atoms with Crippen LogP contribution >= 0.6 is 11.6 Å². The smallest absolute Gasteiger partial charge is 0.134 e. The molecule has 0 bridgehead atoms. The molecule has 2 heterocycles. The number of nitrogens with zero attached hydrogens (tertiary/aromatic N) is 1. The van der Waals surface area contributed by atoms with Gasteiger partial charge in [0.05, 0.1) is 10.7 Å². The van der Waals surface area contributed by atoms with Crippen LogP contribution in [0.15, 0.2) is 53.1 Å². The van der Waals surface area contributed by atoms with E-state index in [-0.39, 0.29) is 6.04 Å². The summed E-state index contributed by atoms with van der Waals surface area (Å²) in [7, 11) is 0. The molecule has 3 aromatic rings. The second-order valence-corrected chi connectivity index (χ2v) is 4.62. The SMILES string of the molecule is NNC(c1ccc(Cl)cn1)c1cc2ccccc2o1. The maximum Gasteiger partial charge on any atom is 0.134 e. The van der Waals surface area contributed by atoms with E-state index in [0.29, 0.717) is 5.02 Å². The molecule has 0 fully saturated rings. The lowest BCUT2D eigenvalue weighted by atomic mass is 10.1. The summed E-state index contributed by atoms with van der Waals surface area (Å²) in [5, 5.41) is 1.62. The average molecular weight is 274 g/mol. The predicted molar refractivity (Wildman–Crippen MR) is 74.6 cm³/mol. The number of nitrogens with one attached hydrogen (secondary N) is 1. The number of furan rings is 1. The Morgan fingerprint density at radius 3 is 2.74 bits per heavy atom. The van der Waals surface area contributed by atoms with Crippen LogP contribution in [-0.4, -0.2) is 4.98 Å². The number of pyridine rings is 1. The molecule has 1 atom stereocenters. The van der Waals surface area contributed by atoms with Gasteiger partial charge in [0.2, 0.25) is 0 Å². The van der Waals surface area contributed by atoms with Crippen LogP contribution in [0, 0.1) is 0 Å². The molecule has 0 saturated heterocycles. The number of nitrogens with two attached hydrogens (primary N) is 1. The lowest BCUT2D eigenvalue weighted by Gasteiger charge is -2.12. The quantitative estimate of drug-likeness (QED) is 0.569. The van der Waals surface area contributed by atoms with Crippen molar-refractivity contribution in [3.05, 3.63) is 65.1 Å². The summed E-state index contributed by atoms with van der Waals surface area (Å²) in [5.74, 6) is 6.33. The van der Waals surface area contributed by atoms with Crippen LogP contribution < -0.4 is 11.3 Å². The number of benzene rings is 1. The Labute approximate surface area is 115 Å². The van der Waals surface area contributed by atoms with E-state index < -0.39 is 0 Å². The van der Waals surface area contributed by atoms with Crippen LogP contribution in [0.25, 0.3) is 11.0 Å². The molecule has 3 N–H and O–H groups in total. The van der Waals surface area contributed by atoms with Crippen molar-refractivity contribution in [2.24, 2.45) is 5.84 Å². The molecule has 1 unspecified atom stereocenters. The summed E-state index contributed by atoms with van der Waals surface area (Å²) in [6, 6.07) is 13.1. The number of hydrazine groups is 1. The third-order valence-electron chi connectivity index (χ3n) is 2.94. The predicted octanol–water partition coefficient (Wildman–Crippen LogP) is 3.03. The van der Waals surface area contributed by atoms with Crippen molar-refractivity contribution in [2.45, 2.75) is 6.04 Å². The molecule has 3 rings (SSSR count). The Hall–Kier alpha value is -1.88. The second-order valence-electron chi connectivity index (χ2n) is 4.19. The zero-order chi connectivity index (χ0) is 13.2. The molecule has 0 radical (unpaired) electrons. The van der Waals surface area contributed by atoms with Crippen molar-refractivity contribution in [3.8, 4) is 0 Å². The number of hydrogen-bond donors (Lipinski definition) is 2. The fourth-order valence-electron chi connectivity index (χ4n) is 2.02. The second kappa shape index (κ2) is 5.01. The number of aromatic nitrogens is 1. The topological polar surface area (TPSA) is 64.1 Å². The van der Waals surface area contributed by atoms with Crippen LogP contribution in [0.3, 0.4) is 0 Å². The zero-order valence-corrected chi connectivity index (χ0v) is 10.8. The Morgan fingerprint density at radius 1 is 1.21 bits per heavy atom. The van der Waals surface area contributed by atoms with Crippen LogP contribution in [-0.2, 0) is 0 Å². The fraction of sp³-hybridized carbons (Fsp3) is 0.0714. The molecule has 0 aliphatic heterocycles. The van der Waals surface area contributed by atoms with E-state index in [4.69, 9.17) is 21.9 Å². The molecule has 0 amide bonds. The summed E-state index contributed by atoms with van der Waals surface area (Å²) < 4.78 is 5.79. The molecular formula is C14H12ClN3O. The summed E-state index contributed by atoms with van der Waals surface area (Å²) in [6.07, 6.45) is 1.59. The highest BCUT2D eigenvalue weighted by Crippen LogP contribution is 2.27. The number of halogens is 1. The van der Waals surface area contributed by atoms with E-state index in [0.717, 1.165) is 22.4 Å². The van der Waals surface area contributed by atoms with Gasteiger partial charge in [-0.15, -0.1) is 0 Å². The highest BCUT2D eigenvalue weighted by molar-refractivity contribution is 6.30. The molecule has 0 spiro atoms. The maximum absolute atomic E-state index is 5.83. The lowest BCUT2D eigenvalue weighted by Crippen LogP contribution is -2.29. The van der Waals surface area contributed by atoms with E-state index in [9.17, 15) is 0 Å². The molecule has 4 nitrogen and oxygen atoms in total. The molecule has 2 aromatic heterocycles. The number of para-hydroxylation sites is 1. The highest BCUT2D eigenvalue weighted by atomic mass is 35.5. The normalized spacial score (nSPS) is 12.7. The summed E-state index contributed by atoms with van der Waals surface area (Å²) in [4.78, 5) is 4.26. The van der Waals surface area contributed by atoms with Gasteiger partial charge in [-0.05, 0) is 24.3 Å². The minimum Gasteiger partial charge on any atom is -0.459 e. The van der Waals surface area contributed by atoms with E-state index in [1.54, 1.807) is 12.3 Å². The first kappa shape index (κ1) is 12.2. The molecule has 19 heavy (non-hydrogen) atoms. The van der Waals surface area contributed by atoms with Crippen molar-refractivity contribution < 1.29 is 4.42 Å². The van der Waals surface area contributed by atoms with Crippen molar-refractivity contribution in [1.82, 2.24) is 10.4 Å². The summed E-state index contributed by atoms with van der Waals surface area (Å²) >= 11 is 5.83.